The quantitative estimate of drug-likeness (QED) is 0.743. The fraction of sp³-hybridized carbons (Fsp3) is 0.167. The van der Waals surface area contributed by atoms with Crippen LogP contribution in [0.4, 0.5) is 0 Å². The third kappa shape index (κ3) is 2.25. The number of aromatic amines is 1. The average molecular weight is 372 g/mol. The highest BCUT2D eigenvalue weighted by atomic mass is 127. The summed E-state index contributed by atoms with van der Waals surface area (Å²) in [7, 11) is 0. The lowest BCUT2D eigenvalue weighted by Gasteiger charge is -2.25. The number of halogens is 1. The second-order valence-corrected chi connectivity index (χ2v) is 5.03. The Morgan fingerprint density at radius 3 is 2.84 bits per heavy atom. The largest absolute Gasteiger partial charge is 0.492 e. The molecular formula is C12H9IN2O4. The minimum Gasteiger partial charge on any atom is -0.492 e. The van der Waals surface area contributed by atoms with E-state index < -0.39 is 11.7 Å². The van der Waals surface area contributed by atoms with Crippen LogP contribution >= 0.6 is 22.6 Å². The second kappa shape index (κ2) is 4.72. The lowest BCUT2D eigenvalue weighted by atomic mass is 10.2. The fourth-order valence-electron chi connectivity index (χ4n) is 1.77. The molecule has 0 amide bonds. The van der Waals surface area contributed by atoms with Crippen LogP contribution in [0, 0.1) is 3.57 Å². The number of nitrogens with zero attached hydrogens (tertiary/aromatic N) is 1. The van der Waals surface area contributed by atoms with Gasteiger partial charge in [-0.05, 0) is 34.7 Å². The van der Waals surface area contributed by atoms with E-state index >= 15 is 0 Å². The molecule has 3 rings (SSSR count). The molecule has 98 valence electrons. The number of ether oxygens (including phenoxy) is 2. The van der Waals surface area contributed by atoms with Crippen molar-refractivity contribution in [2.24, 2.45) is 0 Å². The SMILES string of the molecule is O=c1[nH]c(C2COc3ccccc3O2)nc(O)c1I. The molecule has 0 saturated heterocycles. The summed E-state index contributed by atoms with van der Waals surface area (Å²) < 4.78 is 11.4. The maximum atomic E-state index is 11.6. The number of aromatic hydroxyl groups is 1. The van der Waals surface area contributed by atoms with Gasteiger partial charge in [0.2, 0.25) is 5.88 Å². The van der Waals surface area contributed by atoms with E-state index in [-0.39, 0.29) is 21.9 Å². The van der Waals surface area contributed by atoms with Crippen molar-refractivity contribution in [3.8, 4) is 17.4 Å². The Labute approximate surface area is 121 Å². The number of H-pyrrole nitrogens is 1. The monoisotopic (exact) mass is 372 g/mol. The number of hydrogen-bond donors (Lipinski definition) is 2. The van der Waals surface area contributed by atoms with E-state index in [0.717, 1.165) is 0 Å². The standard InChI is InChI=1S/C12H9IN2O4/c13-9-11(16)14-10(15-12(9)17)8-5-18-6-3-1-2-4-7(6)19-8/h1-4,8H,5H2,(H2,14,15,16,17). The summed E-state index contributed by atoms with van der Waals surface area (Å²) in [6, 6.07) is 7.24. The summed E-state index contributed by atoms with van der Waals surface area (Å²) >= 11 is 1.73. The zero-order chi connectivity index (χ0) is 13.4. The molecule has 0 aliphatic carbocycles. The summed E-state index contributed by atoms with van der Waals surface area (Å²) in [5.74, 6) is 1.18. The zero-order valence-electron chi connectivity index (χ0n) is 9.59. The Hall–Kier alpha value is -1.77. The number of fused-ring (bicyclic) bond motifs is 1. The van der Waals surface area contributed by atoms with Gasteiger partial charge in [-0.2, -0.15) is 4.98 Å². The number of rotatable bonds is 1. The van der Waals surface area contributed by atoms with Crippen LogP contribution in [0.15, 0.2) is 29.1 Å². The average Bonchev–Trinajstić information content (AvgIpc) is 2.43. The number of aromatic nitrogens is 2. The summed E-state index contributed by atoms with van der Waals surface area (Å²) in [5, 5.41) is 9.57. The number of nitrogens with one attached hydrogen (secondary N) is 1. The maximum absolute atomic E-state index is 11.6. The van der Waals surface area contributed by atoms with Crippen molar-refractivity contribution in [3.63, 3.8) is 0 Å². The molecule has 1 aliphatic rings. The molecule has 1 unspecified atom stereocenters. The lowest BCUT2D eigenvalue weighted by molar-refractivity contribution is 0.0843. The molecule has 0 saturated carbocycles. The molecule has 1 aliphatic heterocycles. The Morgan fingerprint density at radius 1 is 1.37 bits per heavy atom. The van der Waals surface area contributed by atoms with Gasteiger partial charge in [-0.25, -0.2) is 0 Å². The molecule has 1 aromatic carbocycles. The molecule has 19 heavy (non-hydrogen) atoms. The van der Waals surface area contributed by atoms with Gasteiger partial charge in [0.1, 0.15) is 10.2 Å². The molecule has 2 heterocycles. The van der Waals surface area contributed by atoms with Crippen molar-refractivity contribution in [2.45, 2.75) is 6.10 Å². The highest BCUT2D eigenvalue weighted by Gasteiger charge is 2.25. The van der Waals surface area contributed by atoms with Crippen LogP contribution in [0.2, 0.25) is 0 Å². The van der Waals surface area contributed by atoms with Crippen LogP contribution < -0.4 is 15.0 Å². The fourth-order valence-corrected chi connectivity index (χ4v) is 2.03. The van der Waals surface area contributed by atoms with E-state index in [4.69, 9.17) is 9.47 Å². The molecule has 6 nitrogen and oxygen atoms in total. The molecule has 0 spiro atoms. The first-order chi connectivity index (χ1) is 9.15. The van der Waals surface area contributed by atoms with Crippen LogP contribution in [-0.2, 0) is 0 Å². The molecule has 0 bridgehead atoms. The van der Waals surface area contributed by atoms with E-state index in [0.29, 0.717) is 11.5 Å². The molecule has 7 heteroatoms. The Balaban J connectivity index is 1.95. The number of hydrogen-bond acceptors (Lipinski definition) is 5. The van der Waals surface area contributed by atoms with Crippen molar-refractivity contribution in [1.82, 2.24) is 9.97 Å². The number of benzene rings is 1. The van der Waals surface area contributed by atoms with Crippen molar-refractivity contribution in [1.29, 1.82) is 0 Å². The third-order valence-electron chi connectivity index (χ3n) is 2.68. The van der Waals surface area contributed by atoms with Crippen LogP contribution in [0.3, 0.4) is 0 Å². The van der Waals surface area contributed by atoms with Crippen molar-refractivity contribution >= 4 is 22.6 Å². The first-order valence-electron chi connectivity index (χ1n) is 5.52. The van der Waals surface area contributed by atoms with Crippen molar-refractivity contribution in [3.05, 3.63) is 44.0 Å². The minimum absolute atomic E-state index is 0.151. The molecule has 0 radical (unpaired) electrons. The first-order valence-corrected chi connectivity index (χ1v) is 6.60. The van der Waals surface area contributed by atoms with Gasteiger partial charge in [0.25, 0.3) is 5.56 Å². The van der Waals surface area contributed by atoms with Crippen LogP contribution in [0.25, 0.3) is 0 Å². The van der Waals surface area contributed by atoms with Gasteiger partial charge in [-0.1, -0.05) is 12.1 Å². The molecule has 2 aromatic rings. The lowest BCUT2D eigenvalue weighted by Crippen LogP contribution is -2.26. The second-order valence-electron chi connectivity index (χ2n) is 3.95. The van der Waals surface area contributed by atoms with E-state index in [1.807, 2.05) is 12.1 Å². The van der Waals surface area contributed by atoms with Crippen molar-refractivity contribution in [2.75, 3.05) is 6.61 Å². The van der Waals surface area contributed by atoms with E-state index in [9.17, 15) is 9.90 Å². The molecule has 1 aromatic heterocycles. The van der Waals surface area contributed by atoms with Gasteiger partial charge < -0.3 is 19.6 Å². The predicted octanol–water partition coefficient (Wildman–Crippen LogP) is 1.59. The Kier molecular flexibility index (Phi) is 3.05. The van der Waals surface area contributed by atoms with Crippen LogP contribution in [0.1, 0.15) is 11.9 Å². The van der Waals surface area contributed by atoms with Gasteiger partial charge in [0.05, 0.1) is 0 Å². The number of para-hydroxylation sites is 2. The van der Waals surface area contributed by atoms with Crippen LogP contribution in [-0.4, -0.2) is 21.7 Å². The third-order valence-corrected chi connectivity index (χ3v) is 3.65. The molecule has 1 atom stereocenters. The smallest absolute Gasteiger partial charge is 0.268 e. The molecule has 0 fully saturated rings. The summed E-state index contributed by atoms with van der Waals surface area (Å²) in [4.78, 5) is 18.1. The van der Waals surface area contributed by atoms with Gasteiger partial charge >= 0.3 is 0 Å². The highest BCUT2D eigenvalue weighted by molar-refractivity contribution is 14.1. The Morgan fingerprint density at radius 2 is 2.11 bits per heavy atom. The topological polar surface area (TPSA) is 84.4 Å². The van der Waals surface area contributed by atoms with Gasteiger partial charge in [0.15, 0.2) is 23.4 Å². The zero-order valence-corrected chi connectivity index (χ0v) is 11.7. The van der Waals surface area contributed by atoms with Gasteiger partial charge in [-0.15, -0.1) is 0 Å². The van der Waals surface area contributed by atoms with Crippen LogP contribution in [0.5, 0.6) is 17.4 Å². The minimum atomic E-state index is -0.550. The van der Waals surface area contributed by atoms with E-state index in [1.165, 1.54) is 0 Å². The first kappa shape index (κ1) is 12.3. The summed E-state index contributed by atoms with van der Waals surface area (Å²) in [5.41, 5.74) is -0.398. The summed E-state index contributed by atoms with van der Waals surface area (Å²) in [6.07, 6.45) is -0.550. The molecular weight excluding hydrogens is 363 g/mol. The predicted molar refractivity (Wildman–Crippen MR) is 74.5 cm³/mol. The highest BCUT2D eigenvalue weighted by Crippen LogP contribution is 2.35. The van der Waals surface area contributed by atoms with Gasteiger partial charge in [0, 0.05) is 0 Å². The molecule has 2 N–H and O–H groups in total. The maximum Gasteiger partial charge on any atom is 0.268 e. The van der Waals surface area contributed by atoms with Crippen molar-refractivity contribution < 1.29 is 14.6 Å². The Bertz CT molecular complexity index is 686. The van der Waals surface area contributed by atoms with E-state index in [1.54, 1.807) is 34.7 Å². The van der Waals surface area contributed by atoms with E-state index in [2.05, 4.69) is 9.97 Å². The summed E-state index contributed by atoms with van der Waals surface area (Å²) in [6.45, 7) is 0.222. The van der Waals surface area contributed by atoms with Gasteiger partial charge in [-0.3, -0.25) is 4.79 Å². The normalized spacial score (nSPS) is 17.2.